The van der Waals surface area contributed by atoms with Crippen LogP contribution in [0.3, 0.4) is 0 Å². The summed E-state index contributed by atoms with van der Waals surface area (Å²) >= 11 is 6.28. The number of amides is 2. The highest BCUT2D eigenvalue weighted by Gasteiger charge is 2.46. The number of imidazole rings is 1. The fourth-order valence-corrected chi connectivity index (χ4v) is 5.39. The van der Waals surface area contributed by atoms with Crippen molar-refractivity contribution in [2.24, 2.45) is 5.73 Å². The lowest BCUT2D eigenvalue weighted by Crippen LogP contribution is -2.51. The first-order valence-electron chi connectivity index (χ1n) is 13.8. The average molecular weight is 602 g/mol. The number of nitrogens with one attached hydrogen (secondary N) is 2. The molecule has 42 heavy (non-hydrogen) atoms. The number of benzene rings is 1. The molecule has 2 saturated heterocycles. The second kappa shape index (κ2) is 12.8. The van der Waals surface area contributed by atoms with Gasteiger partial charge in [-0.2, -0.15) is 0 Å². The Hall–Kier alpha value is -3.56. The largest absolute Gasteiger partial charge is 0.483 e. The Morgan fingerprint density at radius 2 is 1.98 bits per heavy atom. The van der Waals surface area contributed by atoms with Gasteiger partial charge in [-0.15, -0.1) is 0 Å². The van der Waals surface area contributed by atoms with Crippen LogP contribution in [0.1, 0.15) is 25.6 Å². The molecule has 0 radical (unpaired) electrons. The van der Waals surface area contributed by atoms with E-state index in [0.717, 1.165) is 18.7 Å². The molecular weight excluding hydrogens is 566 g/mol. The normalized spacial score (nSPS) is 23.0. The molecule has 2 aromatic heterocycles. The molecule has 1 aromatic carbocycles. The van der Waals surface area contributed by atoms with E-state index in [4.69, 9.17) is 26.8 Å². The van der Waals surface area contributed by atoms with E-state index in [1.807, 2.05) is 4.90 Å². The monoisotopic (exact) mass is 601 g/mol. The SMILES string of the molecule is CNC(=O)C1O[C@@H](n2cnc3c(NCc4cc(Cl)ccc4OCC(=O)N4CCN(C(C)C)CC4)ncnc32)[C@H](O)C1N. The molecule has 14 nitrogen and oxygen atoms in total. The maximum atomic E-state index is 12.8. The summed E-state index contributed by atoms with van der Waals surface area (Å²) in [5.74, 6) is 0.447. The van der Waals surface area contributed by atoms with Crippen molar-refractivity contribution in [3.05, 3.63) is 41.4 Å². The molecule has 15 heteroatoms. The van der Waals surface area contributed by atoms with E-state index >= 15 is 0 Å². The van der Waals surface area contributed by atoms with Crippen molar-refractivity contribution in [2.45, 2.75) is 50.9 Å². The highest BCUT2D eigenvalue weighted by atomic mass is 35.5. The smallest absolute Gasteiger partial charge is 0.260 e. The number of hydrogen-bond acceptors (Lipinski definition) is 11. The van der Waals surface area contributed by atoms with Gasteiger partial charge >= 0.3 is 0 Å². The molecular formula is C27H36ClN9O5. The summed E-state index contributed by atoms with van der Waals surface area (Å²) in [5.41, 5.74) is 7.57. The topological polar surface area (TPSA) is 173 Å². The third-order valence-electron chi connectivity index (χ3n) is 7.68. The van der Waals surface area contributed by atoms with Crippen molar-refractivity contribution in [3.8, 4) is 5.75 Å². The summed E-state index contributed by atoms with van der Waals surface area (Å²) in [7, 11) is 1.47. The van der Waals surface area contributed by atoms with Crippen LogP contribution in [0.4, 0.5) is 5.82 Å². The number of nitrogens with two attached hydrogens (primary N) is 1. The minimum Gasteiger partial charge on any atom is -0.483 e. The Morgan fingerprint density at radius 3 is 2.69 bits per heavy atom. The minimum atomic E-state index is -1.16. The number of carbonyl (C=O) groups excluding carboxylic acids is 2. The summed E-state index contributed by atoms with van der Waals surface area (Å²) in [6, 6.07) is 4.73. The summed E-state index contributed by atoms with van der Waals surface area (Å²) in [6.07, 6.45) is -0.340. The Kier molecular flexibility index (Phi) is 9.08. The van der Waals surface area contributed by atoms with Gasteiger partial charge in [-0.05, 0) is 32.0 Å². The molecule has 2 fully saturated rings. The first-order chi connectivity index (χ1) is 20.2. The predicted molar refractivity (Wildman–Crippen MR) is 155 cm³/mol. The maximum absolute atomic E-state index is 12.8. The number of fused-ring (bicyclic) bond motifs is 1. The number of aliphatic hydroxyl groups is 1. The number of hydrogen-bond donors (Lipinski definition) is 4. The van der Waals surface area contributed by atoms with E-state index in [-0.39, 0.29) is 19.1 Å². The Morgan fingerprint density at radius 1 is 1.21 bits per heavy atom. The third kappa shape index (κ3) is 6.13. The second-order valence-corrected chi connectivity index (χ2v) is 11.0. The van der Waals surface area contributed by atoms with E-state index in [9.17, 15) is 14.7 Å². The van der Waals surface area contributed by atoms with Gasteiger partial charge in [-0.25, -0.2) is 15.0 Å². The fraction of sp³-hybridized carbons (Fsp3) is 0.519. The highest BCUT2D eigenvalue weighted by Crippen LogP contribution is 2.32. The first-order valence-corrected chi connectivity index (χ1v) is 14.2. The van der Waals surface area contributed by atoms with Gasteiger partial charge in [0.05, 0.1) is 12.4 Å². The number of carbonyl (C=O) groups is 2. The summed E-state index contributed by atoms with van der Waals surface area (Å²) in [5, 5.41) is 16.9. The number of rotatable bonds is 9. The molecule has 5 rings (SSSR count). The quantitative estimate of drug-likeness (QED) is 0.267. The van der Waals surface area contributed by atoms with Gasteiger partial charge in [0.2, 0.25) is 0 Å². The number of aromatic nitrogens is 4. The van der Waals surface area contributed by atoms with Crippen molar-refractivity contribution < 1.29 is 24.2 Å². The molecule has 3 aromatic rings. The molecule has 5 N–H and O–H groups in total. The lowest BCUT2D eigenvalue weighted by molar-refractivity contribution is -0.135. The van der Waals surface area contributed by atoms with Crippen molar-refractivity contribution in [3.63, 3.8) is 0 Å². The summed E-state index contributed by atoms with van der Waals surface area (Å²) in [6.45, 7) is 7.53. The van der Waals surface area contributed by atoms with Gasteiger partial charge in [0.1, 0.15) is 18.2 Å². The van der Waals surface area contributed by atoms with Crippen LogP contribution in [0.2, 0.25) is 5.02 Å². The predicted octanol–water partition coefficient (Wildman–Crippen LogP) is 0.355. The van der Waals surface area contributed by atoms with Crippen LogP contribution in [0.15, 0.2) is 30.9 Å². The van der Waals surface area contributed by atoms with E-state index in [2.05, 4.69) is 44.3 Å². The molecule has 0 aliphatic carbocycles. The molecule has 0 saturated carbocycles. The average Bonchev–Trinajstić information content (AvgIpc) is 3.55. The lowest BCUT2D eigenvalue weighted by atomic mass is 10.1. The lowest BCUT2D eigenvalue weighted by Gasteiger charge is -2.36. The van der Waals surface area contributed by atoms with Gasteiger partial charge < -0.3 is 35.8 Å². The number of piperazine rings is 1. The van der Waals surface area contributed by atoms with E-state index in [1.54, 1.807) is 18.2 Å². The molecule has 2 aliphatic heterocycles. The van der Waals surface area contributed by atoms with Crippen molar-refractivity contribution >= 4 is 40.4 Å². The Labute approximate surface area is 248 Å². The standard InChI is InChI=1S/C27H36ClN9O5/c1-15(2)35-6-8-36(9-7-35)19(38)12-41-18-5-4-17(28)10-16(18)11-31-24-21-25(33-13-32-24)37(14-34-21)27-22(39)20(29)23(42-27)26(40)30-3/h4-5,10,13-15,20,22-23,27,39H,6-9,11-12,29H2,1-3H3,(H,30,40)(H,31,32,33)/t20?,22-,23?,27-/m1/s1. The molecule has 2 unspecified atom stereocenters. The van der Waals surface area contributed by atoms with Crippen LogP contribution in [0.25, 0.3) is 11.2 Å². The molecule has 0 spiro atoms. The fourth-order valence-electron chi connectivity index (χ4n) is 5.19. The van der Waals surface area contributed by atoms with Crippen LogP contribution < -0.4 is 21.1 Å². The van der Waals surface area contributed by atoms with Gasteiger partial charge in [-0.3, -0.25) is 19.1 Å². The summed E-state index contributed by atoms with van der Waals surface area (Å²) < 4.78 is 13.3. The van der Waals surface area contributed by atoms with E-state index < -0.39 is 30.4 Å². The molecule has 226 valence electrons. The zero-order valence-electron chi connectivity index (χ0n) is 23.7. The van der Waals surface area contributed by atoms with Crippen molar-refractivity contribution in [1.82, 2.24) is 34.6 Å². The van der Waals surface area contributed by atoms with Crippen LogP contribution in [-0.2, 0) is 20.9 Å². The maximum Gasteiger partial charge on any atom is 0.260 e. The number of ether oxygens (including phenoxy) is 2. The minimum absolute atomic E-state index is 0.0648. The highest BCUT2D eigenvalue weighted by molar-refractivity contribution is 6.30. The molecule has 2 amide bonds. The first kappa shape index (κ1) is 29.9. The van der Waals surface area contributed by atoms with Gasteiger partial charge in [-0.1, -0.05) is 11.6 Å². The number of likely N-dealkylation sites (N-methyl/N-ethyl adjacent to an activating group) is 1. The van der Waals surface area contributed by atoms with Crippen molar-refractivity contribution in [2.75, 3.05) is 45.2 Å². The van der Waals surface area contributed by atoms with E-state index in [0.29, 0.717) is 46.9 Å². The molecule has 4 heterocycles. The van der Waals surface area contributed by atoms with Crippen LogP contribution in [0, 0.1) is 0 Å². The van der Waals surface area contributed by atoms with Crippen LogP contribution in [-0.4, -0.2) is 110 Å². The zero-order valence-corrected chi connectivity index (χ0v) is 24.5. The van der Waals surface area contributed by atoms with Crippen LogP contribution in [0.5, 0.6) is 5.75 Å². The number of aliphatic hydroxyl groups excluding tert-OH is 1. The zero-order chi connectivity index (χ0) is 30.0. The third-order valence-corrected chi connectivity index (χ3v) is 7.91. The molecule has 4 atom stereocenters. The van der Waals surface area contributed by atoms with Crippen molar-refractivity contribution in [1.29, 1.82) is 0 Å². The van der Waals surface area contributed by atoms with Gasteiger partial charge in [0, 0.05) is 56.4 Å². The number of anilines is 1. The van der Waals surface area contributed by atoms with Gasteiger partial charge in [0.25, 0.3) is 11.8 Å². The molecule has 0 bridgehead atoms. The summed E-state index contributed by atoms with van der Waals surface area (Å²) in [4.78, 5) is 42.2. The number of nitrogens with zero attached hydrogens (tertiary/aromatic N) is 6. The Balaban J connectivity index is 1.26. The van der Waals surface area contributed by atoms with Crippen LogP contribution >= 0.6 is 11.6 Å². The second-order valence-electron chi connectivity index (χ2n) is 10.6. The van der Waals surface area contributed by atoms with E-state index in [1.165, 1.54) is 24.3 Å². The number of halogens is 1. The Bertz CT molecular complexity index is 1430. The van der Waals surface area contributed by atoms with Gasteiger partial charge in [0.15, 0.2) is 35.9 Å². The molecule has 2 aliphatic rings.